The van der Waals surface area contributed by atoms with Gasteiger partial charge in [0.25, 0.3) is 0 Å². The van der Waals surface area contributed by atoms with E-state index in [1.54, 1.807) is 53.7 Å². The summed E-state index contributed by atoms with van der Waals surface area (Å²) in [7, 11) is -2.39. The van der Waals surface area contributed by atoms with E-state index < -0.39 is 70.4 Å². The van der Waals surface area contributed by atoms with E-state index in [9.17, 15) is 37.2 Å². The number of nitrogens with zero attached hydrogens (tertiary/aromatic N) is 2. The Hall–Kier alpha value is -5.59. The molecule has 0 bridgehead atoms. The minimum atomic E-state index is -4.78. The van der Waals surface area contributed by atoms with E-state index in [-0.39, 0.29) is 45.8 Å². The van der Waals surface area contributed by atoms with Crippen LogP contribution in [-0.2, 0) is 39.1 Å². The molecular weight excluding hydrogens is 765 g/mol. The van der Waals surface area contributed by atoms with Gasteiger partial charge in [-0.25, -0.2) is 9.59 Å². The number of hydrogen-bond donors (Lipinski definition) is 4. The number of amides is 6. The Labute approximate surface area is 332 Å². The molecule has 57 heavy (non-hydrogen) atoms. The zero-order valence-electron chi connectivity index (χ0n) is 33.4. The molecule has 0 spiro atoms. The van der Waals surface area contributed by atoms with Crippen LogP contribution in [0, 0.1) is 25.7 Å². The van der Waals surface area contributed by atoms with E-state index in [4.69, 9.17) is 8.37 Å². The zero-order chi connectivity index (χ0) is 42.2. The van der Waals surface area contributed by atoms with Crippen molar-refractivity contribution in [3.63, 3.8) is 0 Å². The Kier molecular flexibility index (Phi) is 14.7. The van der Waals surface area contributed by atoms with E-state index >= 15 is 0 Å². The molecule has 18 nitrogen and oxygen atoms in total. The molecule has 4 N–H and O–H groups in total. The first kappa shape index (κ1) is 44.1. The average Bonchev–Trinajstić information content (AvgIpc) is 3.86. The zero-order valence-corrected chi connectivity index (χ0v) is 34.2. The fourth-order valence-electron chi connectivity index (χ4n) is 6.71. The largest absolute Gasteiger partial charge is 0.501 e. The quantitative estimate of drug-likeness (QED) is 0.214. The van der Waals surface area contributed by atoms with Gasteiger partial charge in [0, 0.05) is 35.6 Å². The number of likely N-dealkylation sites (tertiary alicyclic amines) is 2. The van der Waals surface area contributed by atoms with Gasteiger partial charge in [-0.3, -0.25) is 19.2 Å². The molecule has 2 aromatic rings. The van der Waals surface area contributed by atoms with Gasteiger partial charge in [0.1, 0.15) is 24.2 Å². The van der Waals surface area contributed by atoms with E-state index in [0.717, 1.165) is 0 Å². The molecule has 6 amide bonds. The normalized spacial score (nSPS) is 17.7. The van der Waals surface area contributed by atoms with Crippen LogP contribution in [0.3, 0.4) is 0 Å². The number of carbonyl (C=O) groups excluding carboxylic acids is 6. The van der Waals surface area contributed by atoms with Gasteiger partial charge in [0.05, 0.1) is 14.2 Å². The minimum Gasteiger partial charge on any atom is -0.453 e. The van der Waals surface area contributed by atoms with Gasteiger partial charge in [0.2, 0.25) is 23.6 Å². The number of hydrogen-bond acceptors (Lipinski definition) is 12. The fourth-order valence-corrected chi connectivity index (χ4v) is 7.55. The van der Waals surface area contributed by atoms with Gasteiger partial charge in [-0.15, -0.1) is 8.42 Å². The number of benzene rings is 2. The summed E-state index contributed by atoms with van der Waals surface area (Å²) in [5.74, 6) is -2.70. The molecule has 4 rings (SSSR count). The van der Waals surface area contributed by atoms with Crippen molar-refractivity contribution in [1.82, 2.24) is 20.4 Å². The lowest BCUT2D eigenvalue weighted by atomic mass is 10.0. The van der Waals surface area contributed by atoms with Crippen LogP contribution in [0.5, 0.6) is 11.5 Å². The van der Waals surface area contributed by atoms with Crippen LogP contribution in [0.15, 0.2) is 36.4 Å². The summed E-state index contributed by atoms with van der Waals surface area (Å²) in [5.41, 5.74) is 0.995. The summed E-state index contributed by atoms with van der Waals surface area (Å²) in [4.78, 5) is 80.5. The van der Waals surface area contributed by atoms with Crippen molar-refractivity contribution in [2.45, 2.75) is 91.4 Å². The topological polar surface area (TPSA) is 228 Å². The first-order chi connectivity index (χ1) is 26.9. The fraction of sp³-hybridized carbons (Fsp3) is 0.526. The third-order valence-electron chi connectivity index (χ3n) is 9.93. The number of anilines is 2. The molecular formula is C38H52N6O12S. The molecule has 0 saturated carbocycles. The Bertz CT molecular complexity index is 1820. The summed E-state index contributed by atoms with van der Waals surface area (Å²) in [6.07, 6.45) is 0.335. The van der Waals surface area contributed by atoms with Crippen LogP contribution in [0.4, 0.5) is 21.0 Å². The minimum absolute atomic E-state index is 0.135. The van der Waals surface area contributed by atoms with Crippen molar-refractivity contribution >= 4 is 57.6 Å². The van der Waals surface area contributed by atoms with Crippen LogP contribution < -0.4 is 29.6 Å². The second-order valence-electron chi connectivity index (χ2n) is 14.5. The highest BCUT2D eigenvalue weighted by atomic mass is 32.3. The average molecular weight is 817 g/mol. The van der Waals surface area contributed by atoms with Gasteiger partial charge in [-0.1, -0.05) is 39.8 Å². The first-order valence-corrected chi connectivity index (χ1v) is 20.0. The molecule has 2 heterocycles. The van der Waals surface area contributed by atoms with E-state index in [2.05, 4.69) is 30.7 Å². The molecule has 19 heteroatoms. The molecule has 2 fully saturated rings. The number of rotatable bonds is 14. The lowest BCUT2D eigenvalue weighted by Crippen LogP contribution is -2.54. The predicted molar refractivity (Wildman–Crippen MR) is 208 cm³/mol. The summed E-state index contributed by atoms with van der Waals surface area (Å²) >= 11 is 0. The molecule has 0 radical (unpaired) electrons. The van der Waals surface area contributed by atoms with Crippen molar-refractivity contribution in [1.29, 1.82) is 0 Å². The lowest BCUT2D eigenvalue weighted by molar-refractivity contribution is -0.139. The molecule has 4 atom stereocenters. The summed E-state index contributed by atoms with van der Waals surface area (Å²) in [6.45, 7) is 10.7. The van der Waals surface area contributed by atoms with Gasteiger partial charge >= 0.3 is 22.6 Å². The molecule has 2 aliphatic rings. The van der Waals surface area contributed by atoms with Gasteiger partial charge in [-0.2, -0.15) is 0 Å². The second kappa shape index (κ2) is 19.0. The third kappa shape index (κ3) is 10.8. The highest BCUT2D eigenvalue weighted by molar-refractivity contribution is 7.82. The SMILES string of the molecule is COC(=O)N[C@@H](C(=O)N1CCC[C@H]1C(=O)Nc1cccc(OS(=O)(=O)Oc2cccc(NC(=O)[C@@H]3CCCN3C(=O)[C@H](NC(=O)OC)C(C)C)c2C)c1C)C(C)C. The summed E-state index contributed by atoms with van der Waals surface area (Å²) in [5, 5.41) is 10.6. The molecule has 0 unspecified atom stereocenters. The highest BCUT2D eigenvalue weighted by Crippen LogP contribution is 2.32. The number of nitrogens with one attached hydrogen (secondary N) is 4. The maximum Gasteiger partial charge on any atom is 0.501 e. The number of alkyl carbamates (subject to hydrolysis) is 2. The van der Waals surface area contributed by atoms with Crippen molar-refractivity contribution in [2.24, 2.45) is 11.8 Å². The first-order valence-electron chi connectivity index (χ1n) is 18.6. The van der Waals surface area contributed by atoms with E-state index in [1.165, 1.54) is 48.3 Å². The summed E-state index contributed by atoms with van der Waals surface area (Å²) in [6, 6.07) is 5.31. The van der Waals surface area contributed by atoms with Crippen molar-refractivity contribution < 1.29 is 55.0 Å². The van der Waals surface area contributed by atoms with Crippen LogP contribution in [0.1, 0.15) is 64.5 Å². The molecule has 2 aromatic carbocycles. The van der Waals surface area contributed by atoms with Crippen LogP contribution in [0.2, 0.25) is 0 Å². The van der Waals surface area contributed by atoms with Crippen molar-refractivity contribution in [3.05, 3.63) is 47.5 Å². The monoisotopic (exact) mass is 816 g/mol. The Morgan fingerprint density at radius 1 is 0.649 bits per heavy atom. The third-order valence-corrected chi connectivity index (χ3v) is 10.7. The number of carbonyl (C=O) groups is 6. The lowest BCUT2D eigenvalue weighted by Gasteiger charge is -2.30. The number of ether oxygens (including phenoxy) is 2. The van der Waals surface area contributed by atoms with Gasteiger partial charge in [0.15, 0.2) is 11.5 Å². The molecule has 0 aliphatic carbocycles. The van der Waals surface area contributed by atoms with Gasteiger partial charge in [-0.05, 0) is 75.6 Å². The maximum absolute atomic E-state index is 13.5. The molecule has 2 aliphatic heterocycles. The van der Waals surface area contributed by atoms with Crippen molar-refractivity contribution in [3.8, 4) is 11.5 Å². The predicted octanol–water partition coefficient (Wildman–Crippen LogP) is 3.63. The van der Waals surface area contributed by atoms with Crippen molar-refractivity contribution in [2.75, 3.05) is 37.9 Å². The highest BCUT2D eigenvalue weighted by Gasteiger charge is 2.40. The van der Waals surface area contributed by atoms with Crippen LogP contribution >= 0.6 is 0 Å². The Morgan fingerprint density at radius 2 is 1.02 bits per heavy atom. The Balaban J connectivity index is 1.44. The molecule has 2 saturated heterocycles. The van der Waals surface area contributed by atoms with E-state index in [0.29, 0.717) is 38.8 Å². The standard InChI is InChI=1S/C38H52N6O12S/c1-21(2)31(41-37(49)53-7)35(47)43-19-11-15-27(43)33(45)39-25-13-9-17-29(23(25)5)55-57(51,52)56-30-18-10-14-26(24(30)6)40-34(46)28-16-12-20-44(28)36(48)32(22(3)4)42-38(50)54-8/h9-10,13-14,17-18,21-22,27-28,31-32H,11-12,15-16,19-20H2,1-8H3,(H,39,45)(H,40,46)(H,41,49)(H,42,50)/t27-,28-,31+,32+/m0/s1. The maximum atomic E-state index is 13.5. The number of methoxy groups -OCH3 is 2. The van der Waals surface area contributed by atoms with Gasteiger partial charge < -0.3 is 48.9 Å². The smallest absolute Gasteiger partial charge is 0.453 e. The molecule has 0 aromatic heterocycles. The van der Waals surface area contributed by atoms with Crippen LogP contribution in [-0.4, -0.2) is 106 Å². The second-order valence-corrected chi connectivity index (χ2v) is 15.7. The Morgan fingerprint density at radius 3 is 1.35 bits per heavy atom. The molecule has 312 valence electrons. The van der Waals surface area contributed by atoms with E-state index in [1.807, 2.05) is 0 Å². The van der Waals surface area contributed by atoms with Crippen LogP contribution in [0.25, 0.3) is 0 Å². The summed E-state index contributed by atoms with van der Waals surface area (Å²) < 4.78 is 46.5.